The molecule has 5 heteroatoms. The molecule has 0 aromatic carbocycles. The van der Waals surface area contributed by atoms with E-state index in [2.05, 4.69) is 42.9 Å². The average Bonchev–Trinajstić information content (AvgIpc) is 2.88. The number of thiazole rings is 1. The highest BCUT2D eigenvalue weighted by Gasteiger charge is 2.25. The fourth-order valence-corrected chi connectivity index (χ4v) is 3.87. The lowest BCUT2D eigenvalue weighted by atomic mass is 10.1. The highest BCUT2D eigenvalue weighted by molar-refractivity contribution is 7.15. The van der Waals surface area contributed by atoms with Crippen LogP contribution in [0.2, 0.25) is 0 Å². The van der Waals surface area contributed by atoms with E-state index >= 15 is 0 Å². The van der Waals surface area contributed by atoms with Gasteiger partial charge in [0, 0.05) is 37.1 Å². The molecule has 1 atom stereocenters. The van der Waals surface area contributed by atoms with Crippen LogP contribution in [0.1, 0.15) is 37.8 Å². The molecule has 1 aliphatic heterocycles. The van der Waals surface area contributed by atoms with Crippen molar-refractivity contribution < 1.29 is 0 Å². The van der Waals surface area contributed by atoms with Crippen molar-refractivity contribution in [2.24, 2.45) is 0 Å². The summed E-state index contributed by atoms with van der Waals surface area (Å²) < 4.78 is 0. The minimum atomic E-state index is 0.662. The quantitative estimate of drug-likeness (QED) is 0.873. The fourth-order valence-electron chi connectivity index (χ4n) is 2.72. The minimum absolute atomic E-state index is 0.662. The summed E-state index contributed by atoms with van der Waals surface area (Å²) in [6, 6.07) is 0.662. The maximum absolute atomic E-state index is 4.88. The second-order valence-corrected chi connectivity index (χ2v) is 6.55. The molecule has 0 radical (unpaired) electrons. The summed E-state index contributed by atoms with van der Waals surface area (Å²) in [6.45, 7) is 12.0. The van der Waals surface area contributed by atoms with Gasteiger partial charge in [-0.25, -0.2) is 4.98 Å². The monoisotopic (exact) mass is 296 g/mol. The van der Waals surface area contributed by atoms with Crippen molar-refractivity contribution in [3.63, 3.8) is 0 Å². The second-order valence-electron chi connectivity index (χ2n) is 5.49. The Hall–Kier alpha value is -0.650. The predicted octanol–water partition coefficient (Wildman–Crippen LogP) is 2.35. The van der Waals surface area contributed by atoms with E-state index in [1.54, 1.807) is 0 Å². The maximum Gasteiger partial charge on any atom is 0.185 e. The SMILES string of the molecule is CCNCc1sc(N2CCN(C)C(CC)C2)nc1CC. The number of piperazine rings is 1. The van der Waals surface area contributed by atoms with Gasteiger partial charge < -0.3 is 10.2 Å². The first-order valence-corrected chi connectivity index (χ1v) is 8.65. The van der Waals surface area contributed by atoms with Crippen LogP contribution in [-0.4, -0.2) is 49.2 Å². The van der Waals surface area contributed by atoms with Crippen molar-refractivity contribution in [1.29, 1.82) is 0 Å². The van der Waals surface area contributed by atoms with Gasteiger partial charge in [0.25, 0.3) is 0 Å². The van der Waals surface area contributed by atoms with E-state index in [4.69, 9.17) is 4.98 Å². The van der Waals surface area contributed by atoms with Crippen LogP contribution in [0.5, 0.6) is 0 Å². The van der Waals surface area contributed by atoms with Gasteiger partial charge in [-0.1, -0.05) is 20.8 Å². The molecule has 1 unspecified atom stereocenters. The van der Waals surface area contributed by atoms with Crippen LogP contribution in [0.25, 0.3) is 0 Å². The summed E-state index contributed by atoms with van der Waals surface area (Å²) in [5.41, 5.74) is 1.28. The first kappa shape index (κ1) is 15.7. The average molecular weight is 296 g/mol. The van der Waals surface area contributed by atoms with Crippen molar-refractivity contribution in [3.05, 3.63) is 10.6 Å². The normalized spacial score (nSPS) is 20.6. The van der Waals surface area contributed by atoms with Gasteiger partial charge in [0.15, 0.2) is 5.13 Å². The van der Waals surface area contributed by atoms with Gasteiger partial charge >= 0.3 is 0 Å². The summed E-state index contributed by atoms with van der Waals surface area (Å²) in [4.78, 5) is 11.3. The first-order chi connectivity index (χ1) is 9.69. The van der Waals surface area contributed by atoms with Crippen LogP contribution in [0.4, 0.5) is 5.13 Å². The largest absolute Gasteiger partial charge is 0.345 e. The zero-order chi connectivity index (χ0) is 14.5. The topological polar surface area (TPSA) is 31.4 Å². The van der Waals surface area contributed by atoms with E-state index in [1.807, 2.05) is 11.3 Å². The summed E-state index contributed by atoms with van der Waals surface area (Å²) in [5.74, 6) is 0. The lowest BCUT2D eigenvalue weighted by Gasteiger charge is -2.39. The number of hydrogen-bond donors (Lipinski definition) is 1. The molecule has 1 N–H and O–H groups in total. The molecule has 1 aliphatic rings. The van der Waals surface area contributed by atoms with Crippen LogP contribution in [-0.2, 0) is 13.0 Å². The highest BCUT2D eigenvalue weighted by Crippen LogP contribution is 2.28. The van der Waals surface area contributed by atoms with E-state index in [9.17, 15) is 0 Å². The lowest BCUT2D eigenvalue weighted by molar-refractivity contribution is 0.213. The Kier molecular flexibility index (Phi) is 5.81. The Morgan fingerprint density at radius 1 is 1.30 bits per heavy atom. The molecule has 20 heavy (non-hydrogen) atoms. The lowest BCUT2D eigenvalue weighted by Crippen LogP contribution is -2.51. The molecule has 1 fully saturated rings. The molecule has 1 aromatic heterocycles. The Bertz CT molecular complexity index is 418. The third kappa shape index (κ3) is 3.51. The number of hydrogen-bond acceptors (Lipinski definition) is 5. The van der Waals surface area contributed by atoms with E-state index in [-0.39, 0.29) is 0 Å². The van der Waals surface area contributed by atoms with Crippen LogP contribution in [0.3, 0.4) is 0 Å². The van der Waals surface area contributed by atoms with Gasteiger partial charge in [-0.2, -0.15) is 0 Å². The van der Waals surface area contributed by atoms with Crippen LogP contribution in [0, 0.1) is 0 Å². The third-order valence-corrected chi connectivity index (χ3v) is 5.31. The van der Waals surface area contributed by atoms with Gasteiger partial charge in [-0.15, -0.1) is 11.3 Å². The van der Waals surface area contributed by atoms with Crippen molar-refractivity contribution in [1.82, 2.24) is 15.2 Å². The number of anilines is 1. The van der Waals surface area contributed by atoms with Gasteiger partial charge in [-0.3, -0.25) is 4.90 Å². The Labute approximate surface area is 127 Å². The second kappa shape index (κ2) is 7.38. The van der Waals surface area contributed by atoms with E-state index < -0.39 is 0 Å². The van der Waals surface area contributed by atoms with Crippen molar-refractivity contribution >= 4 is 16.5 Å². The van der Waals surface area contributed by atoms with Gasteiger partial charge in [0.1, 0.15) is 0 Å². The van der Waals surface area contributed by atoms with Gasteiger partial charge in [-0.05, 0) is 26.4 Å². The van der Waals surface area contributed by atoms with E-state index in [0.29, 0.717) is 6.04 Å². The predicted molar refractivity (Wildman–Crippen MR) is 87.8 cm³/mol. The molecule has 0 spiro atoms. The Morgan fingerprint density at radius 2 is 2.10 bits per heavy atom. The van der Waals surface area contributed by atoms with Crippen LogP contribution >= 0.6 is 11.3 Å². The number of likely N-dealkylation sites (N-methyl/N-ethyl adjacent to an activating group) is 1. The summed E-state index contributed by atoms with van der Waals surface area (Å²) in [7, 11) is 2.24. The molecule has 0 bridgehead atoms. The summed E-state index contributed by atoms with van der Waals surface area (Å²) in [6.07, 6.45) is 2.24. The Morgan fingerprint density at radius 3 is 2.75 bits per heavy atom. The number of nitrogens with one attached hydrogen (secondary N) is 1. The molecule has 0 aliphatic carbocycles. The minimum Gasteiger partial charge on any atom is -0.345 e. The standard InChI is InChI=1S/C15H28N4S/c1-5-12-11-19(9-8-18(12)4)15-17-13(6-2)14(20-15)10-16-7-3/h12,16H,5-11H2,1-4H3. The molecule has 114 valence electrons. The summed E-state index contributed by atoms with van der Waals surface area (Å²) >= 11 is 1.88. The smallest absolute Gasteiger partial charge is 0.185 e. The van der Waals surface area contributed by atoms with Crippen LogP contribution in [0.15, 0.2) is 0 Å². The van der Waals surface area contributed by atoms with Crippen molar-refractivity contribution in [2.75, 3.05) is 38.1 Å². The number of nitrogens with zero attached hydrogens (tertiary/aromatic N) is 3. The third-order valence-electron chi connectivity index (χ3n) is 4.16. The molecule has 2 heterocycles. The first-order valence-electron chi connectivity index (χ1n) is 7.84. The molecule has 2 rings (SSSR count). The molecule has 4 nitrogen and oxygen atoms in total. The van der Waals surface area contributed by atoms with Crippen molar-refractivity contribution in [3.8, 4) is 0 Å². The maximum atomic E-state index is 4.88. The zero-order valence-corrected chi connectivity index (χ0v) is 14.1. The van der Waals surface area contributed by atoms with E-state index in [0.717, 1.165) is 39.1 Å². The zero-order valence-electron chi connectivity index (χ0n) is 13.3. The number of aryl methyl sites for hydroxylation is 1. The molecule has 0 amide bonds. The highest BCUT2D eigenvalue weighted by atomic mass is 32.1. The van der Waals surface area contributed by atoms with Gasteiger partial charge in [0.2, 0.25) is 0 Å². The Balaban J connectivity index is 2.10. The van der Waals surface area contributed by atoms with E-state index in [1.165, 1.54) is 22.1 Å². The van der Waals surface area contributed by atoms with Gasteiger partial charge in [0.05, 0.1) is 5.69 Å². The fraction of sp³-hybridized carbons (Fsp3) is 0.800. The molecular formula is C15H28N4S. The van der Waals surface area contributed by atoms with Crippen LogP contribution < -0.4 is 10.2 Å². The molecular weight excluding hydrogens is 268 g/mol. The molecule has 1 saturated heterocycles. The number of aromatic nitrogens is 1. The molecule has 0 saturated carbocycles. The summed E-state index contributed by atoms with van der Waals surface area (Å²) in [5, 5.41) is 4.65. The molecule has 1 aromatic rings. The van der Waals surface area contributed by atoms with Crippen molar-refractivity contribution in [2.45, 2.75) is 46.2 Å². The number of rotatable bonds is 6.